The van der Waals surface area contributed by atoms with Gasteiger partial charge in [-0.05, 0) is 64.4 Å². The van der Waals surface area contributed by atoms with E-state index in [0.717, 1.165) is 70.4 Å². The first-order valence-corrected chi connectivity index (χ1v) is 11.8. The maximum absolute atomic E-state index is 10.7. The fourth-order valence-electron chi connectivity index (χ4n) is 3.91. The first-order valence-electron chi connectivity index (χ1n) is 11.8. The fourth-order valence-corrected chi connectivity index (χ4v) is 3.91. The van der Waals surface area contributed by atoms with Gasteiger partial charge in [0.15, 0.2) is 5.96 Å². The van der Waals surface area contributed by atoms with Crippen LogP contribution in [0.15, 0.2) is 51.9 Å². The number of hydrogen-bond acceptors (Lipinski definition) is 5. The van der Waals surface area contributed by atoms with Crippen molar-refractivity contribution in [2.24, 2.45) is 4.99 Å². The second-order valence-electron chi connectivity index (χ2n) is 8.68. The minimum Gasteiger partial charge on any atom is -0.463 e. The number of para-hydroxylation sites is 1. The van der Waals surface area contributed by atoms with Crippen molar-refractivity contribution >= 4 is 35.6 Å². The molecule has 1 saturated heterocycles. The van der Waals surface area contributed by atoms with Crippen LogP contribution in [0.4, 0.5) is 5.69 Å². The summed E-state index contributed by atoms with van der Waals surface area (Å²) in [7, 11) is 0. The minimum atomic E-state index is -1.13. The van der Waals surface area contributed by atoms with Gasteiger partial charge < -0.3 is 25.1 Å². The lowest BCUT2D eigenvalue weighted by Gasteiger charge is -2.36. The second kappa shape index (κ2) is 13.8. The van der Waals surface area contributed by atoms with Crippen LogP contribution in [-0.4, -0.2) is 68.3 Å². The fraction of sp³-hybridized carbons (Fsp3) is 0.560. The van der Waals surface area contributed by atoms with Crippen molar-refractivity contribution in [3.05, 3.63) is 54.0 Å². The molecule has 3 rings (SSSR count). The molecule has 0 aliphatic carbocycles. The van der Waals surface area contributed by atoms with Crippen LogP contribution >= 0.6 is 24.0 Å². The predicted molar refractivity (Wildman–Crippen MR) is 147 cm³/mol. The van der Waals surface area contributed by atoms with Gasteiger partial charge in [-0.1, -0.05) is 18.2 Å². The van der Waals surface area contributed by atoms with Gasteiger partial charge in [0.2, 0.25) is 0 Å². The molecule has 1 fully saturated rings. The smallest absolute Gasteiger partial charge is 0.191 e. The number of halogens is 1. The van der Waals surface area contributed by atoms with Crippen LogP contribution in [-0.2, 0) is 5.60 Å². The minimum absolute atomic E-state index is 0. The molecule has 0 radical (unpaired) electrons. The molecule has 0 saturated carbocycles. The third kappa shape index (κ3) is 8.83. The molecule has 33 heavy (non-hydrogen) atoms. The lowest BCUT2D eigenvalue weighted by molar-refractivity contribution is 0.0428. The van der Waals surface area contributed by atoms with E-state index >= 15 is 0 Å². The molecular weight excluding hydrogens is 529 g/mol. The number of guanidine groups is 1. The van der Waals surface area contributed by atoms with Crippen LogP contribution in [0.25, 0.3) is 0 Å². The number of aliphatic hydroxyl groups is 1. The second-order valence-corrected chi connectivity index (χ2v) is 8.68. The number of nitrogens with zero attached hydrogens (tertiary/aromatic N) is 3. The van der Waals surface area contributed by atoms with Gasteiger partial charge in [0.05, 0.1) is 6.54 Å². The summed E-state index contributed by atoms with van der Waals surface area (Å²) in [5.41, 5.74) is 0.200. The van der Waals surface area contributed by atoms with Crippen molar-refractivity contribution in [1.82, 2.24) is 15.5 Å². The van der Waals surface area contributed by atoms with Crippen molar-refractivity contribution < 1.29 is 9.52 Å². The zero-order chi connectivity index (χ0) is 22.8. The molecule has 8 heteroatoms. The predicted octanol–water partition coefficient (Wildman–Crippen LogP) is 3.57. The lowest BCUT2D eigenvalue weighted by Crippen LogP contribution is -2.46. The molecular formula is C25H40IN5O2. The molecule has 0 bridgehead atoms. The number of nitrogens with one attached hydrogen (secondary N) is 2. The van der Waals surface area contributed by atoms with E-state index in [9.17, 15) is 5.11 Å². The Morgan fingerprint density at radius 1 is 1.06 bits per heavy atom. The van der Waals surface area contributed by atoms with Crippen LogP contribution in [0.2, 0.25) is 0 Å². The molecule has 1 unspecified atom stereocenters. The van der Waals surface area contributed by atoms with Crippen LogP contribution < -0.4 is 15.5 Å². The summed E-state index contributed by atoms with van der Waals surface area (Å²) < 4.78 is 5.58. The Labute approximate surface area is 215 Å². The number of piperazine rings is 1. The Bertz CT molecular complexity index is 832. The maximum Gasteiger partial charge on any atom is 0.191 e. The number of aliphatic imine (C=N–C) groups is 1. The highest BCUT2D eigenvalue weighted by Crippen LogP contribution is 2.23. The number of anilines is 1. The zero-order valence-corrected chi connectivity index (χ0v) is 22.5. The van der Waals surface area contributed by atoms with E-state index in [1.165, 1.54) is 5.69 Å². The molecule has 1 aliphatic rings. The summed E-state index contributed by atoms with van der Waals surface area (Å²) in [5.74, 6) is 2.06. The first-order chi connectivity index (χ1) is 15.5. The van der Waals surface area contributed by atoms with E-state index in [0.29, 0.717) is 5.76 Å². The summed E-state index contributed by atoms with van der Waals surface area (Å²) in [4.78, 5) is 9.59. The average Bonchev–Trinajstić information content (AvgIpc) is 3.25. The highest BCUT2D eigenvalue weighted by molar-refractivity contribution is 14.0. The normalized spacial score (nSPS) is 16.7. The van der Waals surface area contributed by atoms with Gasteiger partial charge in [-0.25, -0.2) is 4.99 Å². The number of benzene rings is 1. The highest BCUT2D eigenvalue weighted by atomic mass is 127. The molecule has 0 amide bonds. The van der Waals surface area contributed by atoms with Crippen molar-refractivity contribution in [2.75, 3.05) is 57.3 Å². The van der Waals surface area contributed by atoms with E-state index in [4.69, 9.17) is 4.42 Å². The van der Waals surface area contributed by atoms with Crippen LogP contribution in [0.3, 0.4) is 0 Å². The van der Waals surface area contributed by atoms with E-state index in [-0.39, 0.29) is 30.5 Å². The molecule has 7 nitrogen and oxygen atoms in total. The Kier molecular flexibility index (Phi) is 11.5. The first kappa shape index (κ1) is 27.5. The van der Waals surface area contributed by atoms with Gasteiger partial charge >= 0.3 is 0 Å². The molecule has 184 valence electrons. The summed E-state index contributed by atoms with van der Waals surface area (Å²) in [5, 5.41) is 17.3. The van der Waals surface area contributed by atoms with Crippen molar-refractivity contribution in [2.45, 2.75) is 39.2 Å². The number of rotatable bonds is 10. The van der Waals surface area contributed by atoms with E-state index < -0.39 is 5.60 Å². The summed E-state index contributed by atoms with van der Waals surface area (Å²) in [6.07, 6.45) is 2.23. The van der Waals surface area contributed by atoms with Crippen molar-refractivity contribution in [3.8, 4) is 0 Å². The Balaban J connectivity index is 0.00000385. The standard InChI is InChI=1S/C25H39N5O2.HI/c1-4-26-24(28-20-25(3,31)23-13-12-21(2)32-23)27-14-8-9-15-29-16-18-30(19-17-29)22-10-6-5-7-11-22;/h5-7,10-13,31H,4,8-9,14-20H2,1-3H3,(H2,26,27,28);1H. The van der Waals surface area contributed by atoms with Gasteiger partial charge in [0.25, 0.3) is 0 Å². The molecule has 2 heterocycles. The third-order valence-electron chi connectivity index (χ3n) is 5.85. The number of aryl methyl sites for hydroxylation is 1. The maximum atomic E-state index is 10.7. The average molecular weight is 570 g/mol. The molecule has 1 aromatic carbocycles. The molecule has 1 atom stereocenters. The summed E-state index contributed by atoms with van der Waals surface area (Å²) in [6, 6.07) is 14.3. The summed E-state index contributed by atoms with van der Waals surface area (Å²) >= 11 is 0. The Morgan fingerprint density at radius 2 is 1.79 bits per heavy atom. The van der Waals surface area contributed by atoms with Crippen LogP contribution in [0, 0.1) is 6.92 Å². The van der Waals surface area contributed by atoms with Gasteiger partial charge in [0, 0.05) is 45.0 Å². The number of furan rings is 1. The number of hydrogen-bond donors (Lipinski definition) is 3. The van der Waals surface area contributed by atoms with Crippen LogP contribution in [0.1, 0.15) is 38.2 Å². The van der Waals surface area contributed by atoms with Gasteiger partial charge in [-0.3, -0.25) is 4.90 Å². The number of unbranched alkanes of at least 4 members (excludes halogenated alkanes) is 1. The van der Waals surface area contributed by atoms with E-state index in [2.05, 4.69) is 55.8 Å². The third-order valence-corrected chi connectivity index (χ3v) is 5.85. The Morgan fingerprint density at radius 3 is 2.42 bits per heavy atom. The van der Waals surface area contributed by atoms with E-state index in [1.54, 1.807) is 6.92 Å². The lowest BCUT2D eigenvalue weighted by atomic mass is 10.0. The highest BCUT2D eigenvalue weighted by Gasteiger charge is 2.26. The van der Waals surface area contributed by atoms with Crippen molar-refractivity contribution in [1.29, 1.82) is 0 Å². The summed E-state index contributed by atoms with van der Waals surface area (Å²) in [6.45, 7) is 13.1. The molecule has 1 aromatic heterocycles. The Hall–Kier alpha value is -1.78. The van der Waals surface area contributed by atoms with Gasteiger partial charge in [-0.2, -0.15) is 0 Å². The topological polar surface area (TPSA) is 76.3 Å². The quantitative estimate of drug-likeness (QED) is 0.176. The SMILES string of the molecule is CCNC(=NCC(C)(O)c1ccc(C)o1)NCCCCN1CCN(c2ccccc2)CC1.I. The van der Waals surface area contributed by atoms with Gasteiger partial charge in [0.1, 0.15) is 17.1 Å². The molecule has 2 aromatic rings. The van der Waals surface area contributed by atoms with E-state index in [1.807, 2.05) is 26.0 Å². The molecule has 1 aliphatic heterocycles. The van der Waals surface area contributed by atoms with Crippen LogP contribution in [0.5, 0.6) is 0 Å². The van der Waals surface area contributed by atoms with Gasteiger partial charge in [-0.15, -0.1) is 24.0 Å². The zero-order valence-electron chi connectivity index (χ0n) is 20.2. The molecule has 3 N–H and O–H groups in total. The monoisotopic (exact) mass is 569 g/mol. The molecule has 0 spiro atoms. The largest absolute Gasteiger partial charge is 0.463 e. The van der Waals surface area contributed by atoms with Crippen molar-refractivity contribution in [3.63, 3.8) is 0 Å².